The van der Waals surface area contributed by atoms with E-state index in [1.54, 1.807) is 12.1 Å². The SMILES string of the molecule is COc1ccc(CNc2c(F)cccc2Cl)cc1[N+](=O)[O-]. The van der Waals surface area contributed by atoms with Crippen molar-refractivity contribution in [3.8, 4) is 5.75 Å². The predicted octanol–water partition coefficient (Wildman–Crippen LogP) is 4.01. The van der Waals surface area contributed by atoms with Crippen molar-refractivity contribution in [1.82, 2.24) is 0 Å². The van der Waals surface area contributed by atoms with Gasteiger partial charge in [-0.3, -0.25) is 10.1 Å². The minimum absolute atomic E-state index is 0.142. The Balaban J connectivity index is 2.21. The highest BCUT2D eigenvalue weighted by atomic mass is 35.5. The maximum atomic E-state index is 13.6. The Morgan fingerprint density at radius 3 is 2.76 bits per heavy atom. The molecule has 2 aromatic rings. The molecule has 0 amide bonds. The summed E-state index contributed by atoms with van der Waals surface area (Å²) in [7, 11) is 1.36. The molecule has 0 atom stereocenters. The molecule has 0 radical (unpaired) electrons. The number of benzene rings is 2. The van der Waals surface area contributed by atoms with Crippen molar-refractivity contribution in [3.63, 3.8) is 0 Å². The average Bonchev–Trinajstić information content (AvgIpc) is 2.46. The van der Waals surface area contributed by atoms with E-state index in [-0.39, 0.29) is 28.7 Å². The average molecular weight is 311 g/mol. The standard InChI is InChI=1S/C14H12ClFN2O3/c1-21-13-6-5-9(7-12(13)18(19)20)8-17-14-10(15)3-2-4-11(14)16/h2-7,17H,8H2,1H3. The Kier molecular flexibility index (Phi) is 4.59. The molecule has 0 saturated carbocycles. The number of hydrogen-bond acceptors (Lipinski definition) is 4. The first-order chi connectivity index (χ1) is 10.0. The molecule has 0 saturated heterocycles. The van der Waals surface area contributed by atoms with Crippen LogP contribution in [-0.2, 0) is 6.54 Å². The Morgan fingerprint density at radius 2 is 2.14 bits per heavy atom. The van der Waals surface area contributed by atoms with E-state index < -0.39 is 10.7 Å². The Bertz CT molecular complexity index is 659. The zero-order valence-electron chi connectivity index (χ0n) is 11.1. The lowest BCUT2D eigenvalue weighted by Crippen LogP contribution is -2.03. The van der Waals surface area contributed by atoms with Gasteiger partial charge in [0.25, 0.3) is 0 Å². The van der Waals surface area contributed by atoms with E-state index in [9.17, 15) is 14.5 Å². The van der Waals surface area contributed by atoms with Gasteiger partial charge in [-0.15, -0.1) is 0 Å². The molecule has 0 fully saturated rings. The van der Waals surface area contributed by atoms with E-state index >= 15 is 0 Å². The highest BCUT2D eigenvalue weighted by molar-refractivity contribution is 6.33. The summed E-state index contributed by atoms with van der Waals surface area (Å²) in [6.07, 6.45) is 0. The van der Waals surface area contributed by atoms with E-state index in [2.05, 4.69) is 5.32 Å². The summed E-state index contributed by atoms with van der Waals surface area (Å²) in [5.41, 5.74) is 0.635. The van der Waals surface area contributed by atoms with Gasteiger partial charge in [-0.25, -0.2) is 4.39 Å². The van der Waals surface area contributed by atoms with Gasteiger partial charge in [0.1, 0.15) is 5.82 Å². The highest BCUT2D eigenvalue weighted by Crippen LogP contribution is 2.29. The Morgan fingerprint density at radius 1 is 1.38 bits per heavy atom. The second-order valence-electron chi connectivity index (χ2n) is 4.21. The third-order valence-corrected chi connectivity index (χ3v) is 3.19. The number of para-hydroxylation sites is 1. The van der Waals surface area contributed by atoms with Crippen LogP contribution in [0, 0.1) is 15.9 Å². The normalized spacial score (nSPS) is 10.2. The van der Waals surface area contributed by atoms with Gasteiger partial charge in [-0.2, -0.15) is 0 Å². The third-order valence-electron chi connectivity index (χ3n) is 2.87. The monoisotopic (exact) mass is 310 g/mol. The van der Waals surface area contributed by atoms with Crippen LogP contribution in [0.15, 0.2) is 36.4 Å². The molecule has 2 rings (SSSR count). The molecule has 110 valence electrons. The number of ether oxygens (including phenoxy) is 1. The molecule has 0 aliphatic rings. The molecule has 0 bridgehead atoms. The van der Waals surface area contributed by atoms with Crippen LogP contribution in [0.5, 0.6) is 5.75 Å². The molecule has 0 aliphatic heterocycles. The minimum atomic E-state index is -0.529. The molecule has 0 spiro atoms. The van der Waals surface area contributed by atoms with E-state index in [0.29, 0.717) is 5.56 Å². The summed E-state index contributed by atoms with van der Waals surface area (Å²) in [5.74, 6) is -0.307. The summed E-state index contributed by atoms with van der Waals surface area (Å²) in [5, 5.41) is 14.0. The highest BCUT2D eigenvalue weighted by Gasteiger charge is 2.15. The lowest BCUT2D eigenvalue weighted by molar-refractivity contribution is -0.385. The van der Waals surface area contributed by atoms with E-state index in [1.165, 1.54) is 31.4 Å². The molecule has 0 aromatic heterocycles. The summed E-state index contributed by atoms with van der Waals surface area (Å²) in [6.45, 7) is 0.200. The first-order valence-corrected chi connectivity index (χ1v) is 6.40. The van der Waals surface area contributed by atoms with Crippen molar-refractivity contribution >= 4 is 23.0 Å². The van der Waals surface area contributed by atoms with Crippen LogP contribution in [0.2, 0.25) is 5.02 Å². The lowest BCUT2D eigenvalue weighted by Gasteiger charge is -2.10. The summed E-state index contributed by atoms with van der Waals surface area (Å²) in [6, 6.07) is 8.88. The summed E-state index contributed by atoms with van der Waals surface area (Å²) < 4.78 is 18.5. The molecule has 7 heteroatoms. The van der Waals surface area contributed by atoms with Gasteiger partial charge >= 0.3 is 5.69 Å². The van der Waals surface area contributed by atoms with Crippen molar-refractivity contribution in [3.05, 3.63) is 62.9 Å². The van der Waals surface area contributed by atoms with Gasteiger partial charge in [0.2, 0.25) is 0 Å². The van der Waals surface area contributed by atoms with Gasteiger partial charge in [0, 0.05) is 12.6 Å². The molecule has 2 aromatic carbocycles. The predicted molar refractivity (Wildman–Crippen MR) is 78.4 cm³/mol. The van der Waals surface area contributed by atoms with Crippen molar-refractivity contribution < 1.29 is 14.1 Å². The molecular weight excluding hydrogens is 299 g/mol. The van der Waals surface area contributed by atoms with Crippen molar-refractivity contribution in [2.45, 2.75) is 6.54 Å². The fourth-order valence-corrected chi connectivity index (χ4v) is 2.08. The van der Waals surface area contributed by atoms with Gasteiger partial charge in [0.05, 0.1) is 22.7 Å². The van der Waals surface area contributed by atoms with Crippen molar-refractivity contribution in [1.29, 1.82) is 0 Å². The number of hydrogen-bond donors (Lipinski definition) is 1. The lowest BCUT2D eigenvalue weighted by atomic mass is 10.2. The number of nitro groups is 1. The zero-order chi connectivity index (χ0) is 15.4. The fourth-order valence-electron chi connectivity index (χ4n) is 1.85. The van der Waals surface area contributed by atoms with Crippen LogP contribution in [-0.4, -0.2) is 12.0 Å². The van der Waals surface area contributed by atoms with Gasteiger partial charge in [0.15, 0.2) is 5.75 Å². The number of nitrogens with zero attached hydrogens (tertiary/aromatic N) is 1. The zero-order valence-corrected chi connectivity index (χ0v) is 11.9. The number of rotatable bonds is 5. The summed E-state index contributed by atoms with van der Waals surface area (Å²) in [4.78, 5) is 10.4. The fraction of sp³-hybridized carbons (Fsp3) is 0.143. The number of nitro benzene ring substituents is 1. The topological polar surface area (TPSA) is 64.4 Å². The van der Waals surface area contributed by atoms with Gasteiger partial charge in [-0.1, -0.05) is 23.7 Å². The molecule has 0 heterocycles. The van der Waals surface area contributed by atoms with Crippen LogP contribution in [0.25, 0.3) is 0 Å². The molecular formula is C14H12ClFN2O3. The minimum Gasteiger partial charge on any atom is -0.490 e. The quantitative estimate of drug-likeness (QED) is 0.669. The number of methoxy groups -OCH3 is 1. The van der Waals surface area contributed by atoms with Gasteiger partial charge in [-0.05, 0) is 23.8 Å². The van der Waals surface area contributed by atoms with Crippen LogP contribution < -0.4 is 10.1 Å². The van der Waals surface area contributed by atoms with Crippen LogP contribution >= 0.6 is 11.6 Å². The number of halogens is 2. The number of anilines is 1. The molecule has 1 N–H and O–H groups in total. The molecule has 21 heavy (non-hydrogen) atoms. The molecule has 0 unspecified atom stereocenters. The number of nitrogens with one attached hydrogen (secondary N) is 1. The van der Waals surface area contributed by atoms with Crippen LogP contribution in [0.3, 0.4) is 0 Å². The largest absolute Gasteiger partial charge is 0.490 e. The third kappa shape index (κ3) is 3.41. The van der Waals surface area contributed by atoms with Crippen LogP contribution in [0.1, 0.15) is 5.56 Å². The first kappa shape index (κ1) is 15.1. The van der Waals surface area contributed by atoms with E-state index in [4.69, 9.17) is 16.3 Å². The molecule has 0 aliphatic carbocycles. The Labute approximate surface area is 125 Å². The van der Waals surface area contributed by atoms with Crippen LogP contribution in [0.4, 0.5) is 15.8 Å². The maximum absolute atomic E-state index is 13.6. The maximum Gasteiger partial charge on any atom is 0.311 e. The Hall–Kier alpha value is -2.34. The van der Waals surface area contributed by atoms with Crippen molar-refractivity contribution in [2.24, 2.45) is 0 Å². The van der Waals surface area contributed by atoms with Crippen molar-refractivity contribution in [2.75, 3.05) is 12.4 Å². The van der Waals surface area contributed by atoms with E-state index in [0.717, 1.165) is 0 Å². The second-order valence-corrected chi connectivity index (χ2v) is 4.62. The van der Waals surface area contributed by atoms with Gasteiger partial charge < -0.3 is 10.1 Å². The summed E-state index contributed by atoms with van der Waals surface area (Å²) >= 11 is 5.89. The second kappa shape index (κ2) is 6.41. The van der Waals surface area contributed by atoms with E-state index in [1.807, 2.05) is 0 Å². The first-order valence-electron chi connectivity index (χ1n) is 6.02. The molecule has 5 nitrogen and oxygen atoms in total. The smallest absolute Gasteiger partial charge is 0.311 e.